The third-order valence-corrected chi connectivity index (χ3v) is 5.44. The molecule has 6 heteroatoms. The summed E-state index contributed by atoms with van der Waals surface area (Å²) in [4.78, 5) is 27.6. The Morgan fingerprint density at radius 1 is 1.14 bits per heavy atom. The third kappa shape index (κ3) is 4.80. The molecule has 2 aliphatic carbocycles. The number of carbonyl (C=O) groups excluding carboxylic acids is 2. The monoisotopic (exact) mass is 385 g/mol. The van der Waals surface area contributed by atoms with E-state index in [9.17, 15) is 9.59 Å². The number of nitrogens with zero attached hydrogens (tertiary/aromatic N) is 1. The number of rotatable bonds is 7. The van der Waals surface area contributed by atoms with Gasteiger partial charge < -0.3 is 14.3 Å². The molecule has 1 saturated carbocycles. The Kier molecular flexibility index (Phi) is 6.49. The lowest BCUT2D eigenvalue weighted by Gasteiger charge is -2.27. The fourth-order valence-electron chi connectivity index (χ4n) is 4.42. The van der Waals surface area contributed by atoms with Crippen molar-refractivity contribution < 1.29 is 23.9 Å². The van der Waals surface area contributed by atoms with Gasteiger partial charge in [-0.25, -0.2) is 0 Å². The van der Waals surface area contributed by atoms with Crippen molar-refractivity contribution in [3.05, 3.63) is 29.3 Å². The van der Waals surface area contributed by atoms with Gasteiger partial charge in [-0.3, -0.25) is 9.59 Å². The third-order valence-electron chi connectivity index (χ3n) is 5.44. The van der Waals surface area contributed by atoms with Crippen molar-refractivity contribution in [2.75, 3.05) is 7.11 Å². The molecule has 0 spiro atoms. The highest BCUT2D eigenvalue weighted by molar-refractivity contribution is 5.77. The Morgan fingerprint density at radius 2 is 1.89 bits per heavy atom. The number of benzene rings is 1. The van der Waals surface area contributed by atoms with E-state index in [2.05, 4.69) is 5.16 Å². The van der Waals surface area contributed by atoms with Crippen molar-refractivity contribution in [3.63, 3.8) is 0 Å². The zero-order chi connectivity index (χ0) is 20.1. The molecule has 0 N–H and O–H groups in total. The topological polar surface area (TPSA) is 74.2 Å². The second kappa shape index (κ2) is 9.04. The molecular formula is C22H27NO5. The quantitative estimate of drug-likeness (QED) is 0.298. The second-order valence-electron chi connectivity index (χ2n) is 7.44. The number of fused-ring (bicyclic) bond motifs is 2. The van der Waals surface area contributed by atoms with E-state index in [4.69, 9.17) is 14.3 Å². The fraction of sp³-hybridized carbons (Fsp3) is 0.500. The highest BCUT2D eigenvalue weighted by Crippen LogP contribution is 2.50. The summed E-state index contributed by atoms with van der Waals surface area (Å²) in [5.74, 6) is 0.968. The summed E-state index contributed by atoms with van der Waals surface area (Å²) in [5.41, 5.74) is 3.82. The predicted molar refractivity (Wildman–Crippen MR) is 106 cm³/mol. The summed E-state index contributed by atoms with van der Waals surface area (Å²) < 4.78 is 10.5. The minimum atomic E-state index is -0.450. The molecule has 2 aliphatic rings. The number of allylic oxidation sites excluding steroid dienone is 2. The Balaban J connectivity index is 1.96. The Labute approximate surface area is 165 Å². The first kappa shape index (κ1) is 20.1. The van der Waals surface area contributed by atoms with E-state index in [1.165, 1.54) is 44.3 Å². The van der Waals surface area contributed by atoms with Gasteiger partial charge in [0.05, 0.1) is 0 Å². The largest absolute Gasteiger partial charge is 0.423 e. The summed E-state index contributed by atoms with van der Waals surface area (Å²) in [6.45, 7) is 2.66. The first-order valence-electron chi connectivity index (χ1n) is 9.76. The molecule has 2 atom stereocenters. The predicted octanol–water partition coefficient (Wildman–Crippen LogP) is 4.52. The van der Waals surface area contributed by atoms with Crippen LogP contribution in [-0.2, 0) is 14.4 Å². The molecule has 28 heavy (non-hydrogen) atoms. The van der Waals surface area contributed by atoms with E-state index < -0.39 is 11.9 Å². The summed E-state index contributed by atoms with van der Waals surface area (Å²) in [6, 6.07) is 5.49. The summed E-state index contributed by atoms with van der Waals surface area (Å²) in [5, 5.41) is 3.85. The molecule has 0 saturated heterocycles. The summed E-state index contributed by atoms with van der Waals surface area (Å²) in [7, 11) is 1.55. The van der Waals surface area contributed by atoms with Crippen LogP contribution in [0.5, 0.6) is 11.5 Å². The Bertz CT molecular complexity index is 811. The maximum atomic E-state index is 11.5. The van der Waals surface area contributed by atoms with Crippen LogP contribution in [0.15, 0.2) is 28.9 Å². The highest BCUT2D eigenvalue weighted by Gasteiger charge is 2.34. The smallest absolute Gasteiger partial charge is 0.308 e. The lowest BCUT2D eigenvalue weighted by Crippen LogP contribution is -2.12. The highest BCUT2D eigenvalue weighted by atomic mass is 16.6. The number of hydrogen-bond donors (Lipinski definition) is 0. The van der Waals surface area contributed by atoms with E-state index in [0.29, 0.717) is 11.8 Å². The van der Waals surface area contributed by atoms with Gasteiger partial charge in [0.1, 0.15) is 7.11 Å². The molecule has 1 fully saturated rings. The lowest BCUT2D eigenvalue weighted by atomic mass is 9.78. The van der Waals surface area contributed by atoms with Crippen molar-refractivity contribution in [1.29, 1.82) is 0 Å². The molecule has 0 aliphatic heterocycles. The molecule has 0 amide bonds. The summed E-state index contributed by atoms with van der Waals surface area (Å²) in [6.07, 6.45) is 8.34. The van der Waals surface area contributed by atoms with E-state index in [1.807, 2.05) is 12.1 Å². The molecular weight excluding hydrogens is 358 g/mol. The number of oxime groups is 1. The normalized spacial score (nSPS) is 21.1. The maximum Gasteiger partial charge on any atom is 0.308 e. The van der Waals surface area contributed by atoms with Crippen LogP contribution >= 0.6 is 0 Å². The van der Waals surface area contributed by atoms with Crippen LogP contribution in [0.4, 0.5) is 0 Å². The Morgan fingerprint density at radius 3 is 2.61 bits per heavy atom. The number of hydrogen-bond acceptors (Lipinski definition) is 6. The molecule has 0 heterocycles. The molecule has 150 valence electrons. The zero-order valence-corrected chi connectivity index (χ0v) is 16.7. The van der Waals surface area contributed by atoms with Crippen molar-refractivity contribution in [1.82, 2.24) is 0 Å². The van der Waals surface area contributed by atoms with Gasteiger partial charge in [0.15, 0.2) is 11.5 Å². The average Bonchev–Trinajstić information content (AvgIpc) is 3.03. The first-order valence-corrected chi connectivity index (χ1v) is 9.76. The van der Waals surface area contributed by atoms with Crippen LogP contribution in [0.3, 0.4) is 0 Å². The molecule has 1 aromatic rings. The van der Waals surface area contributed by atoms with Crippen LogP contribution < -0.4 is 9.47 Å². The Hall–Kier alpha value is -2.63. The minimum Gasteiger partial charge on any atom is -0.423 e. The molecule has 0 radical (unpaired) electrons. The number of ether oxygens (including phenoxy) is 2. The number of carbonyl (C=O) groups is 2. The molecule has 1 aromatic carbocycles. The van der Waals surface area contributed by atoms with E-state index in [0.717, 1.165) is 24.8 Å². The van der Waals surface area contributed by atoms with Crippen LogP contribution in [0.2, 0.25) is 0 Å². The molecule has 6 nitrogen and oxygen atoms in total. The van der Waals surface area contributed by atoms with Crippen molar-refractivity contribution in [2.24, 2.45) is 17.0 Å². The average molecular weight is 385 g/mol. The van der Waals surface area contributed by atoms with E-state index in [1.54, 1.807) is 19.4 Å². The van der Waals surface area contributed by atoms with Crippen molar-refractivity contribution in [3.8, 4) is 11.5 Å². The molecule has 2 unspecified atom stereocenters. The molecule has 3 rings (SSSR count). The lowest BCUT2D eigenvalue weighted by molar-refractivity contribution is -0.134. The van der Waals surface area contributed by atoms with Gasteiger partial charge in [0, 0.05) is 20.1 Å². The number of esters is 2. The van der Waals surface area contributed by atoms with E-state index in [-0.39, 0.29) is 11.5 Å². The fourth-order valence-corrected chi connectivity index (χ4v) is 4.42. The SMILES string of the molecule is CON=CCCC1=C(c2ccc(OC(C)=O)c(OC(C)=O)c2)CC2CCC1C2. The zero-order valence-electron chi connectivity index (χ0n) is 16.7. The van der Waals surface area contributed by atoms with E-state index >= 15 is 0 Å². The summed E-state index contributed by atoms with van der Waals surface area (Å²) >= 11 is 0. The maximum absolute atomic E-state index is 11.5. The van der Waals surface area contributed by atoms with Gasteiger partial charge in [0.2, 0.25) is 0 Å². The standard InChI is InChI=1S/C22H27NO5/c1-14(24)27-21-9-8-18(13-22(21)28-15(2)25)20-12-16-6-7-17(11-16)19(20)5-4-10-23-26-3/h8-10,13,16-17H,4-7,11-12H2,1-3H3. The van der Waals surface area contributed by atoms with Gasteiger partial charge >= 0.3 is 11.9 Å². The first-order chi connectivity index (χ1) is 13.5. The van der Waals surface area contributed by atoms with Crippen LogP contribution in [0.25, 0.3) is 5.57 Å². The van der Waals surface area contributed by atoms with Gasteiger partial charge in [-0.1, -0.05) is 16.8 Å². The van der Waals surface area contributed by atoms with Crippen LogP contribution in [0, 0.1) is 11.8 Å². The van der Waals surface area contributed by atoms with Gasteiger partial charge in [-0.2, -0.15) is 0 Å². The second-order valence-corrected chi connectivity index (χ2v) is 7.44. The molecule has 2 bridgehead atoms. The minimum absolute atomic E-state index is 0.264. The van der Waals surface area contributed by atoms with Crippen LogP contribution in [-0.4, -0.2) is 25.3 Å². The van der Waals surface area contributed by atoms with Crippen molar-refractivity contribution >= 4 is 23.7 Å². The van der Waals surface area contributed by atoms with Gasteiger partial charge in [0.25, 0.3) is 0 Å². The van der Waals surface area contributed by atoms with Gasteiger partial charge in [-0.15, -0.1) is 0 Å². The van der Waals surface area contributed by atoms with Crippen LogP contribution in [0.1, 0.15) is 57.9 Å². The van der Waals surface area contributed by atoms with Crippen molar-refractivity contribution in [2.45, 2.75) is 52.4 Å². The van der Waals surface area contributed by atoms with Gasteiger partial charge in [-0.05, 0) is 73.6 Å². The molecule has 0 aromatic heterocycles.